The summed E-state index contributed by atoms with van der Waals surface area (Å²) in [5.74, 6) is -0.768. The fraction of sp³-hybridized carbons (Fsp3) is 0.333. The molecular weight excluding hydrogens is 346 g/mol. The van der Waals surface area contributed by atoms with Gasteiger partial charge < -0.3 is 10.1 Å². The highest BCUT2D eigenvalue weighted by Gasteiger charge is 2.21. The summed E-state index contributed by atoms with van der Waals surface area (Å²) in [6.45, 7) is 8.09. The van der Waals surface area contributed by atoms with Gasteiger partial charge in [0.1, 0.15) is 6.04 Å². The van der Waals surface area contributed by atoms with Crippen molar-refractivity contribution in [2.75, 3.05) is 6.61 Å². The van der Waals surface area contributed by atoms with E-state index in [9.17, 15) is 9.59 Å². The van der Waals surface area contributed by atoms with Crippen LogP contribution in [0, 0.1) is 5.41 Å². The van der Waals surface area contributed by atoms with Gasteiger partial charge in [0, 0.05) is 10.4 Å². The highest BCUT2D eigenvalue weighted by Crippen LogP contribution is 2.24. The van der Waals surface area contributed by atoms with E-state index in [1.165, 1.54) is 0 Å². The Morgan fingerprint density at radius 3 is 2.42 bits per heavy atom. The Morgan fingerprint density at radius 1 is 1.19 bits per heavy atom. The predicted octanol–water partition coefficient (Wildman–Crippen LogP) is 4.68. The van der Waals surface area contributed by atoms with Crippen LogP contribution in [0.25, 0.3) is 10.4 Å². The lowest BCUT2D eigenvalue weighted by atomic mass is 9.95. The Labute approximate surface area is 158 Å². The molecule has 0 radical (unpaired) electrons. The molecule has 1 N–H and O–H groups in total. The zero-order chi connectivity index (χ0) is 19.2. The summed E-state index contributed by atoms with van der Waals surface area (Å²) in [6.07, 6.45) is 3.59. The van der Waals surface area contributed by atoms with Gasteiger partial charge in [0.15, 0.2) is 0 Å². The van der Waals surface area contributed by atoms with Gasteiger partial charge in [-0.05, 0) is 41.5 Å². The van der Waals surface area contributed by atoms with Crippen LogP contribution in [0.5, 0.6) is 0 Å². The fourth-order valence-corrected chi connectivity index (χ4v) is 2.99. The second-order valence-electron chi connectivity index (χ2n) is 6.98. The standard InChI is InChI=1S/C21H25NO3S/c1-5-25-20(24)17(12-13-21(2,3)4)22-19(23)16-10-8-15(9-11-16)18-7-6-14-26-18/h6-14,17H,5H2,1-4H3,(H,22,23). The minimum absolute atomic E-state index is 0.0994. The molecular formula is C21H25NO3S. The first-order valence-electron chi connectivity index (χ1n) is 8.61. The minimum atomic E-state index is -0.807. The first kappa shape index (κ1) is 19.9. The zero-order valence-corrected chi connectivity index (χ0v) is 16.4. The maximum absolute atomic E-state index is 12.5. The maximum atomic E-state index is 12.5. The number of rotatable bonds is 6. The molecule has 0 aliphatic carbocycles. The summed E-state index contributed by atoms with van der Waals surface area (Å²) in [5, 5.41) is 4.76. The molecule has 1 heterocycles. The second kappa shape index (κ2) is 8.81. The zero-order valence-electron chi connectivity index (χ0n) is 15.6. The number of thiophene rings is 1. The molecule has 138 valence electrons. The van der Waals surface area contributed by atoms with Crippen molar-refractivity contribution >= 4 is 23.2 Å². The van der Waals surface area contributed by atoms with Crippen molar-refractivity contribution in [1.82, 2.24) is 5.32 Å². The molecule has 0 fully saturated rings. The molecule has 1 atom stereocenters. The summed E-state index contributed by atoms with van der Waals surface area (Å²) in [6, 6.07) is 10.6. The SMILES string of the molecule is CCOC(=O)C(C=CC(C)(C)C)NC(=O)c1ccc(-c2cccs2)cc1. The van der Waals surface area contributed by atoms with Crippen LogP contribution < -0.4 is 5.32 Å². The molecule has 1 amide bonds. The lowest BCUT2D eigenvalue weighted by Gasteiger charge is -2.17. The number of carbonyl (C=O) groups excluding carboxylic acids is 2. The molecule has 1 unspecified atom stereocenters. The van der Waals surface area contributed by atoms with Gasteiger partial charge in [-0.2, -0.15) is 0 Å². The van der Waals surface area contributed by atoms with Gasteiger partial charge in [-0.25, -0.2) is 4.79 Å². The molecule has 5 heteroatoms. The average Bonchev–Trinajstić information content (AvgIpc) is 3.12. The van der Waals surface area contributed by atoms with Crippen LogP contribution in [-0.4, -0.2) is 24.5 Å². The summed E-state index contributed by atoms with van der Waals surface area (Å²) in [7, 11) is 0. The Bertz CT molecular complexity index is 756. The smallest absolute Gasteiger partial charge is 0.332 e. The number of esters is 1. The van der Waals surface area contributed by atoms with Crippen LogP contribution in [0.2, 0.25) is 0 Å². The number of hydrogen-bond donors (Lipinski definition) is 1. The first-order chi connectivity index (χ1) is 12.3. The first-order valence-corrected chi connectivity index (χ1v) is 9.49. The molecule has 0 saturated heterocycles. The van der Waals surface area contributed by atoms with Crippen LogP contribution in [0.1, 0.15) is 38.1 Å². The van der Waals surface area contributed by atoms with Gasteiger partial charge in [0.2, 0.25) is 0 Å². The number of benzene rings is 1. The van der Waals surface area contributed by atoms with Gasteiger partial charge in [-0.15, -0.1) is 11.3 Å². The number of amides is 1. The molecule has 1 aromatic heterocycles. The molecule has 0 saturated carbocycles. The van der Waals surface area contributed by atoms with Gasteiger partial charge in [-0.1, -0.05) is 51.1 Å². The molecule has 2 aromatic rings. The van der Waals surface area contributed by atoms with E-state index >= 15 is 0 Å². The van der Waals surface area contributed by atoms with Gasteiger partial charge in [0.25, 0.3) is 5.91 Å². The lowest BCUT2D eigenvalue weighted by molar-refractivity contribution is -0.144. The van der Waals surface area contributed by atoms with E-state index in [0.717, 1.165) is 10.4 Å². The highest BCUT2D eigenvalue weighted by molar-refractivity contribution is 7.13. The molecule has 2 rings (SSSR count). The van der Waals surface area contributed by atoms with E-state index in [0.29, 0.717) is 5.56 Å². The average molecular weight is 372 g/mol. The lowest BCUT2D eigenvalue weighted by Crippen LogP contribution is -2.40. The number of carbonyl (C=O) groups is 2. The molecule has 0 aliphatic heterocycles. The van der Waals surface area contributed by atoms with E-state index in [1.807, 2.05) is 56.5 Å². The number of allylic oxidation sites excluding steroid dienone is 1. The Kier molecular flexibility index (Phi) is 6.75. The summed E-state index contributed by atoms with van der Waals surface area (Å²) in [4.78, 5) is 25.8. The largest absolute Gasteiger partial charge is 0.464 e. The molecule has 0 bridgehead atoms. The summed E-state index contributed by atoms with van der Waals surface area (Å²) >= 11 is 1.65. The summed E-state index contributed by atoms with van der Waals surface area (Å²) < 4.78 is 5.07. The Balaban J connectivity index is 2.12. The molecule has 0 aliphatic rings. The fourth-order valence-electron chi connectivity index (χ4n) is 2.26. The molecule has 0 spiro atoms. The maximum Gasteiger partial charge on any atom is 0.332 e. The van der Waals surface area contributed by atoms with Crippen molar-refractivity contribution in [2.45, 2.75) is 33.7 Å². The van der Waals surface area contributed by atoms with E-state index in [1.54, 1.807) is 36.5 Å². The molecule has 4 nitrogen and oxygen atoms in total. The van der Waals surface area contributed by atoms with Crippen LogP contribution in [0.4, 0.5) is 0 Å². The topological polar surface area (TPSA) is 55.4 Å². The van der Waals surface area contributed by atoms with Gasteiger partial charge in [-0.3, -0.25) is 4.79 Å². The van der Waals surface area contributed by atoms with Crippen molar-refractivity contribution in [2.24, 2.45) is 5.41 Å². The third-order valence-corrected chi connectivity index (χ3v) is 4.49. The quantitative estimate of drug-likeness (QED) is 0.592. The molecule has 26 heavy (non-hydrogen) atoms. The van der Waals surface area contributed by atoms with Crippen molar-refractivity contribution in [3.63, 3.8) is 0 Å². The van der Waals surface area contributed by atoms with Crippen molar-refractivity contribution in [3.8, 4) is 10.4 Å². The van der Waals surface area contributed by atoms with Crippen molar-refractivity contribution < 1.29 is 14.3 Å². The Hall–Kier alpha value is -2.40. The highest BCUT2D eigenvalue weighted by atomic mass is 32.1. The third kappa shape index (κ3) is 5.85. The second-order valence-corrected chi connectivity index (χ2v) is 7.93. The number of hydrogen-bond acceptors (Lipinski definition) is 4. The normalized spacial score (nSPS) is 12.8. The van der Waals surface area contributed by atoms with Gasteiger partial charge in [0.05, 0.1) is 6.61 Å². The van der Waals surface area contributed by atoms with Crippen molar-refractivity contribution in [1.29, 1.82) is 0 Å². The van der Waals surface area contributed by atoms with E-state index < -0.39 is 12.0 Å². The van der Waals surface area contributed by atoms with Crippen LogP contribution in [-0.2, 0) is 9.53 Å². The van der Waals surface area contributed by atoms with E-state index in [2.05, 4.69) is 5.32 Å². The minimum Gasteiger partial charge on any atom is -0.464 e. The van der Waals surface area contributed by atoms with Crippen LogP contribution in [0.3, 0.4) is 0 Å². The van der Waals surface area contributed by atoms with Gasteiger partial charge >= 0.3 is 5.97 Å². The predicted molar refractivity (Wildman–Crippen MR) is 106 cm³/mol. The van der Waals surface area contributed by atoms with Crippen LogP contribution >= 0.6 is 11.3 Å². The van der Waals surface area contributed by atoms with E-state index in [4.69, 9.17) is 4.74 Å². The summed E-state index contributed by atoms with van der Waals surface area (Å²) in [5.41, 5.74) is 1.47. The number of ether oxygens (including phenoxy) is 1. The molecule has 1 aromatic carbocycles. The van der Waals surface area contributed by atoms with E-state index in [-0.39, 0.29) is 17.9 Å². The number of nitrogens with one attached hydrogen (secondary N) is 1. The monoisotopic (exact) mass is 371 g/mol. The van der Waals surface area contributed by atoms with Crippen molar-refractivity contribution in [3.05, 3.63) is 59.5 Å². The van der Waals surface area contributed by atoms with Crippen LogP contribution in [0.15, 0.2) is 53.9 Å². The Morgan fingerprint density at radius 2 is 1.88 bits per heavy atom. The third-order valence-electron chi connectivity index (χ3n) is 3.57.